The van der Waals surface area contributed by atoms with Gasteiger partial charge < -0.3 is 9.64 Å². The molecule has 0 unspecified atom stereocenters. The van der Waals surface area contributed by atoms with E-state index in [9.17, 15) is 18.0 Å². The fraction of sp³-hybridized carbons (Fsp3) is 0.238. The lowest BCUT2D eigenvalue weighted by atomic mass is 10.1. The second kappa shape index (κ2) is 8.39. The molecule has 33 heavy (non-hydrogen) atoms. The van der Waals surface area contributed by atoms with E-state index in [2.05, 4.69) is 15.2 Å². The predicted octanol–water partition coefficient (Wildman–Crippen LogP) is 4.08. The predicted molar refractivity (Wildman–Crippen MR) is 114 cm³/mol. The number of aromatic nitrogens is 5. The number of alkyl halides is 3. The zero-order chi connectivity index (χ0) is 23.9. The average molecular weight is 479 g/mol. The van der Waals surface area contributed by atoms with E-state index < -0.39 is 17.8 Å². The Labute approximate surface area is 191 Å². The van der Waals surface area contributed by atoms with Crippen molar-refractivity contribution in [1.82, 2.24) is 29.3 Å². The number of carbonyl (C=O) groups is 1. The Morgan fingerprint density at radius 1 is 1.21 bits per heavy atom. The van der Waals surface area contributed by atoms with Crippen LogP contribution in [0.15, 0.2) is 42.6 Å². The summed E-state index contributed by atoms with van der Waals surface area (Å²) in [7, 11) is 4.66. The highest BCUT2D eigenvalue weighted by Crippen LogP contribution is 2.33. The summed E-state index contributed by atoms with van der Waals surface area (Å²) in [5.74, 6) is -0.0263. The van der Waals surface area contributed by atoms with E-state index in [4.69, 9.17) is 16.3 Å². The van der Waals surface area contributed by atoms with Crippen molar-refractivity contribution in [3.63, 3.8) is 0 Å². The highest BCUT2D eigenvalue weighted by Gasteiger charge is 2.36. The number of hydrogen-bond donors (Lipinski definition) is 0. The van der Waals surface area contributed by atoms with Gasteiger partial charge in [-0.15, -0.1) is 0 Å². The van der Waals surface area contributed by atoms with Crippen molar-refractivity contribution in [3.05, 3.63) is 64.7 Å². The summed E-state index contributed by atoms with van der Waals surface area (Å²) in [6.07, 6.45) is -3.27. The Bertz CT molecular complexity index is 1310. The molecular weight excluding hydrogens is 461 g/mol. The van der Waals surface area contributed by atoms with Crippen molar-refractivity contribution in [2.75, 3.05) is 14.2 Å². The summed E-state index contributed by atoms with van der Waals surface area (Å²) >= 11 is 6.09. The van der Waals surface area contributed by atoms with Gasteiger partial charge in [0.2, 0.25) is 0 Å². The highest BCUT2D eigenvalue weighted by molar-refractivity contribution is 6.31. The molecule has 3 aromatic heterocycles. The molecule has 0 saturated heterocycles. The van der Waals surface area contributed by atoms with Gasteiger partial charge in [0.25, 0.3) is 5.91 Å². The van der Waals surface area contributed by atoms with Gasteiger partial charge >= 0.3 is 6.18 Å². The molecule has 0 radical (unpaired) electrons. The van der Waals surface area contributed by atoms with Gasteiger partial charge in [0.15, 0.2) is 17.0 Å². The molecule has 4 aromatic rings. The first-order valence-electron chi connectivity index (χ1n) is 9.62. The summed E-state index contributed by atoms with van der Waals surface area (Å²) < 4.78 is 48.7. The van der Waals surface area contributed by atoms with Crippen LogP contribution < -0.4 is 4.74 Å². The zero-order valence-electron chi connectivity index (χ0n) is 17.8. The van der Waals surface area contributed by atoms with Crippen LogP contribution in [0, 0.1) is 0 Å². The van der Waals surface area contributed by atoms with Crippen molar-refractivity contribution in [3.8, 4) is 17.0 Å². The van der Waals surface area contributed by atoms with Crippen molar-refractivity contribution in [2.45, 2.75) is 12.7 Å². The third-order valence-electron chi connectivity index (χ3n) is 5.07. The summed E-state index contributed by atoms with van der Waals surface area (Å²) in [4.78, 5) is 18.5. The van der Waals surface area contributed by atoms with Gasteiger partial charge in [-0.3, -0.25) is 9.48 Å². The normalized spacial score (nSPS) is 11.7. The van der Waals surface area contributed by atoms with Crippen molar-refractivity contribution >= 4 is 23.2 Å². The lowest BCUT2D eigenvalue weighted by Crippen LogP contribution is -2.28. The number of amides is 1. The van der Waals surface area contributed by atoms with Crippen molar-refractivity contribution < 1.29 is 22.7 Å². The molecule has 1 aromatic carbocycles. The number of rotatable bonds is 5. The van der Waals surface area contributed by atoms with Gasteiger partial charge in [-0.1, -0.05) is 11.6 Å². The molecule has 0 atom stereocenters. The van der Waals surface area contributed by atoms with Crippen LogP contribution in [-0.2, 0) is 19.8 Å². The molecule has 4 rings (SSSR count). The zero-order valence-corrected chi connectivity index (χ0v) is 18.5. The van der Waals surface area contributed by atoms with E-state index in [0.717, 1.165) is 6.07 Å². The molecule has 0 N–H and O–H groups in total. The van der Waals surface area contributed by atoms with Crippen LogP contribution in [0.5, 0.6) is 5.75 Å². The first-order valence-corrected chi connectivity index (χ1v) is 10.0. The van der Waals surface area contributed by atoms with Crippen molar-refractivity contribution in [1.29, 1.82) is 0 Å². The van der Waals surface area contributed by atoms with E-state index >= 15 is 0 Å². The standard InChI is InChI=1S/C21H18ClF3N6O2/c1-29(11-17-14(22)10-26-30(17)2)20(32)16-9-19-27-15(12-4-6-13(33-3)7-5-12)8-18(21(23,24)25)31(19)28-16/h4-10H,11H2,1-3H3. The van der Waals surface area contributed by atoms with Crippen LogP contribution >= 0.6 is 11.6 Å². The minimum absolute atomic E-state index is 0.0893. The molecule has 0 bridgehead atoms. The van der Waals surface area contributed by atoms with Gasteiger partial charge in [-0.25, -0.2) is 9.50 Å². The Balaban J connectivity index is 1.74. The molecule has 12 heteroatoms. The topological polar surface area (TPSA) is 77.5 Å². The number of ether oxygens (including phenoxy) is 1. The van der Waals surface area contributed by atoms with Gasteiger partial charge in [-0.2, -0.15) is 23.4 Å². The number of benzene rings is 1. The first kappa shape index (κ1) is 22.6. The minimum Gasteiger partial charge on any atom is -0.497 e. The molecule has 0 aliphatic carbocycles. The van der Waals surface area contributed by atoms with Crippen LogP contribution in [0.25, 0.3) is 16.9 Å². The maximum atomic E-state index is 13.8. The maximum Gasteiger partial charge on any atom is 0.433 e. The molecule has 0 aliphatic rings. The lowest BCUT2D eigenvalue weighted by molar-refractivity contribution is -0.142. The van der Waals surface area contributed by atoms with Gasteiger partial charge in [0.1, 0.15) is 5.75 Å². The third-order valence-corrected chi connectivity index (χ3v) is 5.38. The lowest BCUT2D eigenvalue weighted by Gasteiger charge is -2.16. The van der Waals surface area contributed by atoms with Crippen LogP contribution in [0.3, 0.4) is 0 Å². The van der Waals surface area contributed by atoms with Gasteiger partial charge in [0, 0.05) is 25.7 Å². The molecule has 0 saturated carbocycles. The summed E-state index contributed by atoms with van der Waals surface area (Å²) in [5, 5.41) is 8.28. The first-order chi connectivity index (χ1) is 15.6. The Morgan fingerprint density at radius 3 is 2.48 bits per heavy atom. The molecule has 0 aliphatic heterocycles. The average Bonchev–Trinajstić information content (AvgIpc) is 3.35. The molecule has 3 heterocycles. The van der Waals surface area contributed by atoms with Crippen molar-refractivity contribution in [2.24, 2.45) is 7.05 Å². The fourth-order valence-electron chi connectivity index (χ4n) is 3.30. The van der Waals surface area contributed by atoms with E-state index in [1.807, 2.05) is 0 Å². The van der Waals surface area contributed by atoms with Gasteiger partial charge in [-0.05, 0) is 30.3 Å². The molecule has 0 fully saturated rings. The van der Waals surface area contributed by atoms with Gasteiger partial charge in [0.05, 0.1) is 36.3 Å². The van der Waals surface area contributed by atoms with Crippen LogP contribution in [-0.4, -0.2) is 49.3 Å². The Kier molecular flexibility index (Phi) is 5.75. The maximum absolute atomic E-state index is 13.8. The van der Waals surface area contributed by atoms with E-state index in [1.165, 1.54) is 36.0 Å². The molecule has 8 nitrogen and oxygen atoms in total. The second-order valence-corrected chi connectivity index (χ2v) is 7.68. The summed E-state index contributed by atoms with van der Waals surface area (Å²) in [5.41, 5.74) is -0.208. The number of aryl methyl sites for hydroxylation is 1. The fourth-order valence-corrected chi connectivity index (χ4v) is 3.52. The molecule has 1 amide bonds. The van der Waals surface area contributed by atoms with Crippen LogP contribution in [0.2, 0.25) is 5.02 Å². The number of halogens is 4. The van der Waals surface area contributed by atoms with Crippen LogP contribution in [0.4, 0.5) is 13.2 Å². The smallest absolute Gasteiger partial charge is 0.433 e. The number of methoxy groups -OCH3 is 1. The quantitative estimate of drug-likeness (QED) is 0.432. The largest absolute Gasteiger partial charge is 0.497 e. The number of carbonyl (C=O) groups excluding carboxylic acids is 1. The van der Waals surface area contributed by atoms with E-state index in [-0.39, 0.29) is 23.6 Å². The second-order valence-electron chi connectivity index (χ2n) is 7.28. The summed E-state index contributed by atoms with van der Waals surface area (Å²) in [6.45, 7) is 0.0959. The number of hydrogen-bond acceptors (Lipinski definition) is 5. The number of fused-ring (bicyclic) bond motifs is 1. The number of nitrogens with zero attached hydrogens (tertiary/aromatic N) is 6. The van der Waals surface area contributed by atoms with E-state index in [0.29, 0.717) is 26.5 Å². The molecular formula is C21H18ClF3N6O2. The molecule has 172 valence electrons. The SMILES string of the molecule is COc1ccc(-c2cc(C(F)(F)F)n3nc(C(=O)N(C)Cc4c(Cl)cnn4C)cc3n2)cc1. The molecule has 0 spiro atoms. The Morgan fingerprint density at radius 2 is 1.91 bits per heavy atom. The van der Waals surface area contributed by atoms with Crippen LogP contribution in [0.1, 0.15) is 21.9 Å². The third kappa shape index (κ3) is 4.36. The monoisotopic (exact) mass is 478 g/mol. The minimum atomic E-state index is -4.72. The van der Waals surface area contributed by atoms with E-state index in [1.54, 1.807) is 31.3 Å². The highest BCUT2D eigenvalue weighted by atomic mass is 35.5. The Hall–Kier alpha value is -3.60. The summed E-state index contributed by atoms with van der Waals surface area (Å²) in [6, 6.07) is 8.58.